The van der Waals surface area contributed by atoms with Gasteiger partial charge in [0.15, 0.2) is 0 Å². The molecule has 1 unspecified atom stereocenters. The van der Waals surface area contributed by atoms with Gasteiger partial charge in [-0.3, -0.25) is 0 Å². The lowest BCUT2D eigenvalue weighted by Crippen LogP contribution is -2.21. The van der Waals surface area contributed by atoms with Gasteiger partial charge in [0.2, 0.25) is 0 Å². The second-order valence-electron chi connectivity index (χ2n) is 10.2. The number of rotatable bonds is 15. The Labute approximate surface area is 221 Å². The van der Waals surface area contributed by atoms with Gasteiger partial charge in [0, 0.05) is 10.6 Å². The Morgan fingerprint density at radius 3 is 2.19 bits per heavy atom. The molecule has 1 aromatic rings. The number of hydrogen-bond donors (Lipinski definition) is 1. The molecule has 0 amide bonds. The third kappa shape index (κ3) is 10.1. The zero-order valence-corrected chi connectivity index (χ0v) is 22.8. The van der Waals surface area contributed by atoms with Crippen LogP contribution in [0, 0.1) is 11.8 Å². The van der Waals surface area contributed by atoms with Gasteiger partial charge in [0.05, 0.1) is 18.1 Å². The second-order valence-corrected chi connectivity index (χ2v) is 10.6. The summed E-state index contributed by atoms with van der Waals surface area (Å²) in [5, 5.41) is 9.77. The van der Waals surface area contributed by atoms with E-state index in [9.17, 15) is 9.59 Å². The van der Waals surface area contributed by atoms with Crippen LogP contribution in [0.2, 0.25) is 5.02 Å². The Balaban J connectivity index is 1.95. The average Bonchev–Trinajstić information content (AvgIpc) is 2.88. The molecule has 0 radical (unpaired) electrons. The number of aliphatic hydroxyl groups is 1. The Bertz CT molecular complexity index is 885. The molecular weight excluding hydrogens is 476 g/mol. The highest BCUT2D eigenvalue weighted by Gasteiger charge is 2.22. The zero-order valence-electron chi connectivity index (χ0n) is 22.0. The van der Waals surface area contributed by atoms with Crippen LogP contribution in [-0.4, -0.2) is 36.9 Å². The first-order valence-corrected chi connectivity index (χ1v) is 13.7. The van der Waals surface area contributed by atoms with Gasteiger partial charge in [0.25, 0.3) is 0 Å². The highest BCUT2D eigenvalue weighted by atomic mass is 35.5. The van der Waals surface area contributed by atoms with Crippen molar-refractivity contribution in [2.75, 3.05) is 19.8 Å². The van der Waals surface area contributed by atoms with Gasteiger partial charge in [-0.2, -0.15) is 0 Å². The predicted molar refractivity (Wildman–Crippen MR) is 145 cm³/mol. The topological polar surface area (TPSA) is 72.8 Å². The minimum atomic E-state index is -0.684. The van der Waals surface area contributed by atoms with Gasteiger partial charge >= 0.3 is 11.9 Å². The summed E-state index contributed by atoms with van der Waals surface area (Å²) in [6.45, 7) is 10.4. The third-order valence-corrected chi connectivity index (χ3v) is 7.56. The molecule has 1 aliphatic rings. The molecule has 0 bridgehead atoms. The lowest BCUT2D eigenvalue weighted by Gasteiger charge is -2.28. The van der Waals surface area contributed by atoms with E-state index in [1.54, 1.807) is 6.92 Å². The Hall–Kier alpha value is -2.11. The van der Waals surface area contributed by atoms with Gasteiger partial charge < -0.3 is 14.6 Å². The number of ether oxygens (including phenoxy) is 2. The maximum atomic E-state index is 12.0. The summed E-state index contributed by atoms with van der Waals surface area (Å²) in [4.78, 5) is 23.9. The summed E-state index contributed by atoms with van der Waals surface area (Å²) >= 11 is 6.66. The molecule has 2 rings (SSSR count). The number of halogens is 1. The molecule has 200 valence electrons. The molecule has 0 aliphatic heterocycles. The van der Waals surface area contributed by atoms with Crippen molar-refractivity contribution >= 4 is 23.5 Å². The standard InChI is InChI=1S/C30H43ClO5/c1-5-6-7-8-23-9-11-24(12-10-23)13-14-25-15-16-26(17-28(25)31)27(19-35-29(33)21(2)3)20-36-30(34)22(4)18-32/h15-17,23-24,27,32H,2,4-14,18-20H2,1,3H3. The van der Waals surface area contributed by atoms with Crippen molar-refractivity contribution in [3.63, 3.8) is 0 Å². The quantitative estimate of drug-likeness (QED) is 0.154. The van der Waals surface area contributed by atoms with Crippen molar-refractivity contribution in [2.24, 2.45) is 11.8 Å². The van der Waals surface area contributed by atoms with Crippen molar-refractivity contribution in [1.29, 1.82) is 0 Å². The molecule has 36 heavy (non-hydrogen) atoms. The van der Waals surface area contributed by atoms with E-state index in [0.717, 1.165) is 35.8 Å². The maximum Gasteiger partial charge on any atom is 0.335 e. The number of carbonyl (C=O) groups excluding carboxylic acids is 2. The molecule has 0 heterocycles. The third-order valence-electron chi connectivity index (χ3n) is 7.21. The van der Waals surface area contributed by atoms with Crippen LogP contribution in [0.25, 0.3) is 0 Å². The molecule has 1 N–H and O–H groups in total. The molecule has 1 aromatic carbocycles. The van der Waals surface area contributed by atoms with Gasteiger partial charge in [-0.25, -0.2) is 9.59 Å². The number of aryl methyl sites for hydroxylation is 1. The highest BCUT2D eigenvalue weighted by molar-refractivity contribution is 6.31. The van der Waals surface area contributed by atoms with Gasteiger partial charge in [-0.05, 0) is 48.8 Å². The van der Waals surface area contributed by atoms with Crippen molar-refractivity contribution < 1.29 is 24.2 Å². The normalized spacial score (nSPS) is 18.3. The van der Waals surface area contributed by atoms with Crippen LogP contribution < -0.4 is 0 Å². The van der Waals surface area contributed by atoms with E-state index in [4.69, 9.17) is 26.2 Å². The lowest BCUT2D eigenvalue weighted by molar-refractivity contribution is -0.142. The first-order valence-electron chi connectivity index (χ1n) is 13.3. The predicted octanol–water partition coefficient (Wildman–Crippen LogP) is 6.95. The molecule has 5 nitrogen and oxygen atoms in total. The van der Waals surface area contributed by atoms with Crippen LogP contribution in [0.5, 0.6) is 0 Å². The average molecular weight is 519 g/mol. The Kier molecular flexibility index (Phi) is 13.3. The first kappa shape index (κ1) is 30.1. The summed E-state index contributed by atoms with van der Waals surface area (Å²) in [5.74, 6) is 0.0791. The van der Waals surface area contributed by atoms with E-state index in [-0.39, 0.29) is 18.8 Å². The van der Waals surface area contributed by atoms with E-state index < -0.39 is 24.5 Å². The number of unbranched alkanes of at least 4 members (excludes halogenated alkanes) is 2. The van der Waals surface area contributed by atoms with Crippen LogP contribution in [0.1, 0.15) is 88.7 Å². The number of esters is 2. The van der Waals surface area contributed by atoms with Gasteiger partial charge in [-0.1, -0.05) is 95.2 Å². The molecule has 1 aliphatic carbocycles. The number of benzene rings is 1. The molecule has 1 fully saturated rings. The zero-order chi connectivity index (χ0) is 26.5. The fraction of sp³-hybridized carbons (Fsp3) is 0.600. The number of aliphatic hydroxyl groups excluding tert-OH is 1. The molecule has 0 aromatic heterocycles. The Morgan fingerprint density at radius 1 is 1.03 bits per heavy atom. The SMILES string of the molecule is C=C(C)C(=O)OCC(COC(=O)C(=C)CO)c1ccc(CCC2CCC(CCCCC)CC2)c(Cl)c1. The van der Waals surface area contributed by atoms with E-state index in [1.807, 2.05) is 18.2 Å². The smallest absolute Gasteiger partial charge is 0.335 e. The summed E-state index contributed by atoms with van der Waals surface area (Å²) in [6, 6.07) is 5.85. The molecule has 6 heteroatoms. The van der Waals surface area contributed by atoms with Crippen molar-refractivity contribution in [1.82, 2.24) is 0 Å². The molecular formula is C30H43ClO5. The fourth-order valence-corrected chi connectivity index (χ4v) is 5.04. The van der Waals surface area contributed by atoms with Crippen molar-refractivity contribution in [2.45, 2.75) is 84.0 Å². The maximum absolute atomic E-state index is 12.0. The van der Waals surface area contributed by atoms with Gasteiger partial charge in [-0.15, -0.1) is 0 Å². The van der Waals surface area contributed by atoms with Crippen LogP contribution in [0.4, 0.5) is 0 Å². The van der Waals surface area contributed by atoms with E-state index in [2.05, 4.69) is 20.1 Å². The van der Waals surface area contributed by atoms with Gasteiger partial charge in [0.1, 0.15) is 13.2 Å². The summed E-state index contributed by atoms with van der Waals surface area (Å²) in [5.41, 5.74) is 2.18. The molecule has 0 saturated heterocycles. The molecule has 0 spiro atoms. The molecule has 1 saturated carbocycles. The van der Waals surface area contributed by atoms with Crippen LogP contribution >= 0.6 is 11.6 Å². The van der Waals surface area contributed by atoms with Crippen LogP contribution in [0.3, 0.4) is 0 Å². The highest BCUT2D eigenvalue weighted by Crippen LogP contribution is 2.35. The first-order chi connectivity index (χ1) is 17.2. The Morgan fingerprint density at radius 2 is 1.64 bits per heavy atom. The second kappa shape index (κ2) is 15.9. The monoisotopic (exact) mass is 518 g/mol. The minimum Gasteiger partial charge on any atom is -0.462 e. The summed E-state index contributed by atoms with van der Waals surface area (Å²) in [7, 11) is 0. The number of carbonyl (C=O) groups is 2. The van der Waals surface area contributed by atoms with Crippen LogP contribution in [-0.2, 0) is 25.5 Å². The fourth-order valence-electron chi connectivity index (χ4n) is 4.75. The summed E-state index contributed by atoms with van der Waals surface area (Å²) < 4.78 is 10.6. The van der Waals surface area contributed by atoms with E-state index in [1.165, 1.54) is 51.4 Å². The lowest BCUT2D eigenvalue weighted by atomic mass is 9.77. The largest absolute Gasteiger partial charge is 0.462 e. The van der Waals surface area contributed by atoms with E-state index >= 15 is 0 Å². The summed E-state index contributed by atoms with van der Waals surface area (Å²) in [6.07, 6.45) is 12.8. The van der Waals surface area contributed by atoms with Crippen LogP contribution in [0.15, 0.2) is 42.5 Å². The molecule has 1 atom stereocenters. The number of hydrogen-bond acceptors (Lipinski definition) is 5. The van der Waals surface area contributed by atoms with Crippen molar-refractivity contribution in [3.8, 4) is 0 Å². The van der Waals surface area contributed by atoms with Crippen molar-refractivity contribution in [3.05, 3.63) is 58.7 Å². The minimum absolute atomic E-state index is 0.0156. The van der Waals surface area contributed by atoms with E-state index in [0.29, 0.717) is 10.6 Å².